The van der Waals surface area contributed by atoms with E-state index < -0.39 is 0 Å². The van der Waals surface area contributed by atoms with Gasteiger partial charge in [-0.25, -0.2) is 0 Å². The Bertz CT molecular complexity index is 40.8. The van der Waals surface area contributed by atoms with Crippen LogP contribution in [0.25, 0.3) is 0 Å². The van der Waals surface area contributed by atoms with Crippen LogP contribution in [-0.2, 0) is 0 Å². The Morgan fingerprint density at radius 1 is 0.818 bits per heavy atom. The molecule has 11 heavy (non-hydrogen) atoms. The molecule has 0 bridgehead atoms. The van der Waals surface area contributed by atoms with Crippen LogP contribution in [0.2, 0.25) is 0 Å². The summed E-state index contributed by atoms with van der Waals surface area (Å²) < 4.78 is 21.0. The van der Waals surface area contributed by atoms with Crippen LogP contribution in [0.4, 0.5) is 8.78 Å². The molecular weight excluding hydrogens is 146 g/mol. The lowest BCUT2D eigenvalue weighted by molar-refractivity contribution is 0.451. The highest BCUT2D eigenvalue weighted by atomic mass is 19.1. The van der Waals surface area contributed by atoms with E-state index in [4.69, 9.17) is 0 Å². The number of hydrogen-bond donors (Lipinski definition) is 0. The van der Waals surface area contributed by atoms with Crippen molar-refractivity contribution in [1.82, 2.24) is 0 Å². The van der Waals surface area contributed by atoms with Crippen LogP contribution in [0, 0.1) is 0 Å². The molecule has 0 radical (unpaired) electrons. The fraction of sp³-hybridized carbons (Fsp3) is 1.00. The van der Waals surface area contributed by atoms with Gasteiger partial charge in [-0.2, -0.15) is 0 Å². The van der Waals surface area contributed by atoms with Crippen molar-refractivity contribution in [3.8, 4) is 0 Å². The van der Waals surface area contributed by atoms with Crippen LogP contribution < -0.4 is 0 Å². The summed E-state index contributed by atoms with van der Waals surface area (Å²) in [7, 11) is 0.500. The Morgan fingerprint density at radius 2 is 1.27 bits per heavy atom. The Kier molecular flexibility index (Phi) is 20.1. The standard InChI is InChI=1S/C8H17F.CH3F/c1-2-3-4-5-6-7-8-9;1-2/h2-8H2,1H3;1H3. The molecule has 0 rings (SSSR count). The van der Waals surface area contributed by atoms with Gasteiger partial charge in [0.2, 0.25) is 0 Å². The van der Waals surface area contributed by atoms with Crippen LogP contribution in [0.3, 0.4) is 0 Å². The molecule has 2 heteroatoms. The fourth-order valence-electron chi connectivity index (χ4n) is 0.875. The zero-order valence-electron chi connectivity index (χ0n) is 7.71. The molecular formula is C9H20F2. The van der Waals surface area contributed by atoms with E-state index in [1.54, 1.807) is 0 Å². The molecule has 0 aliphatic rings. The summed E-state index contributed by atoms with van der Waals surface area (Å²) in [6, 6.07) is 0. The highest BCUT2D eigenvalue weighted by molar-refractivity contribution is 4.41. The summed E-state index contributed by atoms with van der Waals surface area (Å²) in [6.07, 6.45) is 6.94. The van der Waals surface area contributed by atoms with Crippen molar-refractivity contribution in [1.29, 1.82) is 0 Å². The molecule has 0 amide bonds. The average molecular weight is 166 g/mol. The third-order valence-corrected chi connectivity index (χ3v) is 1.49. The van der Waals surface area contributed by atoms with Crippen LogP contribution >= 0.6 is 0 Å². The van der Waals surface area contributed by atoms with E-state index in [1.165, 1.54) is 25.7 Å². The zero-order valence-corrected chi connectivity index (χ0v) is 7.71. The van der Waals surface area contributed by atoms with Crippen molar-refractivity contribution >= 4 is 0 Å². The first-order valence-electron chi connectivity index (χ1n) is 4.35. The molecule has 0 saturated heterocycles. The second-order valence-electron chi connectivity index (χ2n) is 2.46. The third-order valence-electron chi connectivity index (χ3n) is 1.49. The number of hydrogen-bond acceptors (Lipinski definition) is 0. The first-order chi connectivity index (χ1) is 5.41. The Hall–Kier alpha value is -0.140. The summed E-state index contributed by atoms with van der Waals surface area (Å²) >= 11 is 0. The van der Waals surface area contributed by atoms with Crippen molar-refractivity contribution < 1.29 is 8.78 Å². The topological polar surface area (TPSA) is 0 Å². The normalized spacial score (nSPS) is 8.73. The second kappa shape index (κ2) is 16.4. The largest absolute Gasteiger partial charge is 0.255 e. The van der Waals surface area contributed by atoms with Crippen LogP contribution in [0.15, 0.2) is 0 Å². The molecule has 0 aliphatic carbocycles. The highest BCUT2D eigenvalue weighted by Crippen LogP contribution is 2.04. The maximum absolute atomic E-state index is 11.5. The molecule has 0 atom stereocenters. The van der Waals surface area contributed by atoms with Crippen molar-refractivity contribution in [2.24, 2.45) is 0 Å². The summed E-state index contributed by atoms with van der Waals surface area (Å²) in [5, 5.41) is 0. The molecule has 0 fully saturated rings. The van der Waals surface area contributed by atoms with Crippen molar-refractivity contribution in [3.05, 3.63) is 0 Å². The average Bonchev–Trinajstić information content (AvgIpc) is 2.08. The minimum atomic E-state index is -0.133. The fourth-order valence-corrected chi connectivity index (χ4v) is 0.875. The lowest BCUT2D eigenvalue weighted by Crippen LogP contribution is -1.78. The molecule has 0 nitrogen and oxygen atoms in total. The third kappa shape index (κ3) is 17.7. The molecule has 0 unspecified atom stereocenters. The van der Waals surface area contributed by atoms with Gasteiger partial charge in [0.05, 0.1) is 13.9 Å². The van der Waals surface area contributed by atoms with Gasteiger partial charge in [0.1, 0.15) is 0 Å². The van der Waals surface area contributed by atoms with Gasteiger partial charge in [-0.3, -0.25) is 8.78 Å². The van der Waals surface area contributed by atoms with Crippen LogP contribution in [-0.4, -0.2) is 13.9 Å². The van der Waals surface area contributed by atoms with Gasteiger partial charge >= 0.3 is 0 Å². The van der Waals surface area contributed by atoms with Gasteiger partial charge in [-0.15, -0.1) is 0 Å². The van der Waals surface area contributed by atoms with Gasteiger partial charge in [-0.05, 0) is 6.42 Å². The molecule has 0 N–H and O–H groups in total. The second-order valence-corrected chi connectivity index (χ2v) is 2.46. The molecule has 0 aromatic heterocycles. The number of rotatable bonds is 6. The maximum atomic E-state index is 11.5. The maximum Gasteiger partial charge on any atom is 0.0894 e. The van der Waals surface area contributed by atoms with Crippen molar-refractivity contribution in [2.45, 2.75) is 45.4 Å². The van der Waals surface area contributed by atoms with E-state index in [1.807, 2.05) is 0 Å². The van der Waals surface area contributed by atoms with Crippen molar-refractivity contribution in [2.75, 3.05) is 13.9 Å². The van der Waals surface area contributed by atoms with E-state index in [2.05, 4.69) is 6.92 Å². The SMILES string of the molecule is CCCCCCCCF.CF. The molecule has 0 saturated carbocycles. The number of halogens is 2. The van der Waals surface area contributed by atoms with E-state index >= 15 is 0 Å². The minimum absolute atomic E-state index is 0.133. The molecule has 0 aromatic rings. The van der Waals surface area contributed by atoms with E-state index in [0.717, 1.165) is 12.8 Å². The lowest BCUT2D eigenvalue weighted by atomic mass is 10.1. The summed E-state index contributed by atoms with van der Waals surface area (Å²) in [5.74, 6) is 0. The molecule has 70 valence electrons. The lowest BCUT2D eigenvalue weighted by Gasteiger charge is -1.95. The van der Waals surface area contributed by atoms with Crippen LogP contribution in [0.5, 0.6) is 0 Å². The Morgan fingerprint density at radius 3 is 1.73 bits per heavy atom. The zero-order chi connectivity index (χ0) is 8.95. The van der Waals surface area contributed by atoms with E-state index in [0.29, 0.717) is 7.18 Å². The quantitative estimate of drug-likeness (QED) is 0.525. The Balaban J connectivity index is 0. The smallest absolute Gasteiger partial charge is 0.0894 e. The molecule has 0 aliphatic heterocycles. The van der Waals surface area contributed by atoms with Gasteiger partial charge in [0.25, 0.3) is 0 Å². The van der Waals surface area contributed by atoms with Gasteiger partial charge < -0.3 is 0 Å². The summed E-state index contributed by atoms with van der Waals surface area (Å²) in [5.41, 5.74) is 0. The predicted molar refractivity (Wildman–Crippen MR) is 46.4 cm³/mol. The predicted octanol–water partition coefficient (Wildman–Crippen LogP) is 3.90. The highest BCUT2D eigenvalue weighted by Gasteiger charge is 1.87. The van der Waals surface area contributed by atoms with E-state index in [-0.39, 0.29) is 6.67 Å². The molecule has 0 spiro atoms. The van der Waals surface area contributed by atoms with Gasteiger partial charge in [-0.1, -0.05) is 39.0 Å². The number of unbranched alkanes of at least 4 members (excludes halogenated alkanes) is 5. The summed E-state index contributed by atoms with van der Waals surface area (Å²) in [6.45, 7) is 2.06. The van der Waals surface area contributed by atoms with E-state index in [9.17, 15) is 8.78 Å². The first kappa shape index (κ1) is 13.4. The number of alkyl halides is 2. The van der Waals surface area contributed by atoms with Gasteiger partial charge in [0, 0.05) is 0 Å². The summed E-state index contributed by atoms with van der Waals surface area (Å²) in [4.78, 5) is 0. The van der Waals surface area contributed by atoms with Gasteiger partial charge in [0.15, 0.2) is 0 Å². The molecule has 0 aromatic carbocycles. The first-order valence-corrected chi connectivity index (χ1v) is 4.35. The van der Waals surface area contributed by atoms with Crippen molar-refractivity contribution in [3.63, 3.8) is 0 Å². The monoisotopic (exact) mass is 166 g/mol. The van der Waals surface area contributed by atoms with Crippen LogP contribution in [0.1, 0.15) is 45.4 Å². The Labute approximate surface area is 69.0 Å². The minimum Gasteiger partial charge on any atom is -0.255 e. The molecule has 0 heterocycles.